The fourth-order valence-corrected chi connectivity index (χ4v) is 3.26. The molecule has 0 aromatic heterocycles. The van der Waals surface area contributed by atoms with Gasteiger partial charge in [-0.05, 0) is 31.0 Å². The molecule has 18 heavy (non-hydrogen) atoms. The van der Waals surface area contributed by atoms with Crippen molar-refractivity contribution in [2.75, 3.05) is 11.9 Å². The average Bonchev–Trinajstić information content (AvgIpc) is 2.75. The zero-order valence-electron chi connectivity index (χ0n) is 10.2. The first kappa shape index (κ1) is 12.9. The van der Waals surface area contributed by atoms with Gasteiger partial charge in [0, 0.05) is 24.7 Å². The van der Waals surface area contributed by atoms with Crippen LogP contribution in [0.4, 0.5) is 5.69 Å². The maximum Gasteiger partial charge on any atom is 0.240 e. The second-order valence-electron chi connectivity index (χ2n) is 4.43. The number of terminal acetylenes is 1. The van der Waals surface area contributed by atoms with E-state index in [1.54, 1.807) is 19.1 Å². The first-order chi connectivity index (χ1) is 8.53. The number of hydrogen-bond acceptors (Lipinski definition) is 3. The van der Waals surface area contributed by atoms with Crippen molar-refractivity contribution < 1.29 is 8.42 Å². The molecule has 0 bridgehead atoms. The third kappa shape index (κ3) is 2.66. The molecule has 0 aliphatic carbocycles. The smallest absolute Gasteiger partial charge is 0.240 e. The fraction of sp³-hybridized carbons (Fsp3) is 0.385. The first-order valence-electron chi connectivity index (χ1n) is 5.85. The van der Waals surface area contributed by atoms with E-state index < -0.39 is 10.0 Å². The predicted molar refractivity (Wildman–Crippen MR) is 71.9 cm³/mol. The van der Waals surface area contributed by atoms with Crippen LogP contribution in [0, 0.1) is 12.3 Å². The molecule has 2 N–H and O–H groups in total. The van der Waals surface area contributed by atoms with Crippen molar-refractivity contribution in [3.8, 4) is 12.3 Å². The molecule has 0 radical (unpaired) electrons. The van der Waals surface area contributed by atoms with E-state index in [1.165, 1.54) is 0 Å². The van der Waals surface area contributed by atoms with Crippen LogP contribution in [-0.4, -0.2) is 21.0 Å². The van der Waals surface area contributed by atoms with E-state index in [4.69, 9.17) is 6.42 Å². The van der Waals surface area contributed by atoms with Crippen molar-refractivity contribution in [3.05, 3.63) is 23.8 Å². The van der Waals surface area contributed by atoms with Crippen LogP contribution in [-0.2, 0) is 16.4 Å². The Kier molecular flexibility index (Phi) is 3.60. The maximum absolute atomic E-state index is 12.1. The monoisotopic (exact) mass is 264 g/mol. The van der Waals surface area contributed by atoms with Gasteiger partial charge in [-0.1, -0.05) is 6.07 Å². The standard InChI is InChI=1S/C13H16N2O2S/c1-3-4-10(2)15-18(16,17)12-6-5-11-7-8-14-13(11)9-12/h1,5-6,9-10,14-15H,4,7-8H2,2H3. The predicted octanol–water partition coefficient (Wildman–Crippen LogP) is 1.34. The minimum absolute atomic E-state index is 0.263. The Morgan fingerprint density at radius 3 is 3.06 bits per heavy atom. The van der Waals surface area contributed by atoms with Crippen LogP contribution in [0.15, 0.2) is 23.1 Å². The zero-order chi connectivity index (χ0) is 13.2. The molecule has 0 saturated carbocycles. The summed E-state index contributed by atoms with van der Waals surface area (Å²) in [4.78, 5) is 0.277. The number of sulfonamides is 1. The summed E-state index contributed by atoms with van der Waals surface area (Å²) in [5, 5.41) is 3.17. The van der Waals surface area contributed by atoms with Gasteiger partial charge >= 0.3 is 0 Å². The molecule has 1 unspecified atom stereocenters. The molecule has 0 amide bonds. The third-order valence-corrected chi connectivity index (χ3v) is 4.47. The molecule has 5 heteroatoms. The van der Waals surface area contributed by atoms with Gasteiger partial charge in [0.25, 0.3) is 0 Å². The minimum atomic E-state index is -3.49. The molecule has 96 valence electrons. The van der Waals surface area contributed by atoms with Crippen LogP contribution in [0.25, 0.3) is 0 Å². The lowest BCUT2D eigenvalue weighted by Gasteiger charge is -2.12. The third-order valence-electron chi connectivity index (χ3n) is 2.88. The normalized spacial score (nSPS) is 15.6. The van der Waals surface area contributed by atoms with E-state index in [-0.39, 0.29) is 10.9 Å². The minimum Gasteiger partial charge on any atom is -0.384 e. The average molecular weight is 264 g/mol. The van der Waals surface area contributed by atoms with Gasteiger partial charge in [0.2, 0.25) is 10.0 Å². The molecule has 1 aliphatic heterocycles. The Balaban J connectivity index is 2.23. The van der Waals surface area contributed by atoms with Gasteiger partial charge in [0.1, 0.15) is 0 Å². The zero-order valence-corrected chi connectivity index (χ0v) is 11.0. The van der Waals surface area contributed by atoms with Gasteiger partial charge in [-0.2, -0.15) is 0 Å². The summed E-state index contributed by atoms with van der Waals surface area (Å²) >= 11 is 0. The highest BCUT2D eigenvalue weighted by Crippen LogP contribution is 2.25. The van der Waals surface area contributed by atoms with Crippen molar-refractivity contribution in [3.63, 3.8) is 0 Å². The van der Waals surface area contributed by atoms with E-state index in [1.807, 2.05) is 6.07 Å². The molecule has 0 fully saturated rings. The number of fused-ring (bicyclic) bond motifs is 1. The molecule has 0 spiro atoms. The van der Waals surface area contributed by atoms with E-state index in [0.29, 0.717) is 6.42 Å². The number of nitrogens with one attached hydrogen (secondary N) is 2. The highest BCUT2D eigenvalue weighted by atomic mass is 32.2. The van der Waals surface area contributed by atoms with E-state index in [9.17, 15) is 8.42 Å². The highest BCUT2D eigenvalue weighted by molar-refractivity contribution is 7.89. The summed E-state index contributed by atoms with van der Waals surface area (Å²) in [6.45, 7) is 2.61. The lowest BCUT2D eigenvalue weighted by atomic mass is 10.2. The van der Waals surface area contributed by atoms with Gasteiger partial charge in [-0.3, -0.25) is 0 Å². The Labute approximate surface area is 108 Å². The molecule has 0 saturated heterocycles. The second kappa shape index (κ2) is 5.01. The Morgan fingerprint density at radius 1 is 1.56 bits per heavy atom. The number of rotatable bonds is 4. The fourth-order valence-electron chi connectivity index (χ4n) is 1.99. The summed E-state index contributed by atoms with van der Waals surface area (Å²) in [6, 6.07) is 4.90. The van der Waals surface area contributed by atoms with Gasteiger partial charge in [-0.25, -0.2) is 13.1 Å². The summed E-state index contributed by atoms with van der Waals surface area (Å²) in [6.07, 6.45) is 6.48. The number of benzene rings is 1. The molecule has 2 rings (SSSR count). The molecule has 1 aromatic carbocycles. The van der Waals surface area contributed by atoms with Crippen LogP contribution in [0.2, 0.25) is 0 Å². The quantitative estimate of drug-likeness (QED) is 0.807. The summed E-state index contributed by atoms with van der Waals surface area (Å²) < 4.78 is 26.8. The molecular weight excluding hydrogens is 248 g/mol. The summed E-state index contributed by atoms with van der Waals surface area (Å²) in [5.41, 5.74) is 2.06. The van der Waals surface area contributed by atoms with Crippen LogP contribution in [0.1, 0.15) is 18.9 Å². The molecular formula is C13H16N2O2S. The van der Waals surface area contributed by atoms with Gasteiger partial charge in [0.15, 0.2) is 0 Å². The van der Waals surface area contributed by atoms with Gasteiger partial charge < -0.3 is 5.32 Å². The Morgan fingerprint density at radius 2 is 2.33 bits per heavy atom. The second-order valence-corrected chi connectivity index (χ2v) is 6.14. The molecule has 4 nitrogen and oxygen atoms in total. The van der Waals surface area contributed by atoms with Gasteiger partial charge in [0.05, 0.1) is 4.90 Å². The number of hydrogen-bond donors (Lipinski definition) is 2. The Hall–Kier alpha value is -1.51. The largest absolute Gasteiger partial charge is 0.384 e. The summed E-state index contributed by atoms with van der Waals surface area (Å²) in [5.74, 6) is 2.44. The van der Waals surface area contributed by atoms with Crippen LogP contribution in [0.3, 0.4) is 0 Å². The van der Waals surface area contributed by atoms with Crippen LogP contribution >= 0.6 is 0 Å². The lowest BCUT2D eigenvalue weighted by Crippen LogP contribution is -2.32. The molecule has 1 aromatic rings. The Bertz CT molecular complexity index is 587. The maximum atomic E-state index is 12.1. The van der Waals surface area contributed by atoms with Crippen molar-refractivity contribution in [1.82, 2.24) is 4.72 Å². The first-order valence-corrected chi connectivity index (χ1v) is 7.34. The van der Waals surface area contributed by atoms with Gasteiger partial charge in [-0.15, -0.1) is 12.3 Å². The van der Waals surface area contributed by atoms with Crippen LogP contribution in [0.5, 0.6) is 0 Å². The SMILES string of the molecule is C#CCC(C)NS(=O)(=O)c1ccc2c(c1)NCC2. The number of anilines is 1. The van der Waals surface area contributed by atoms with E-state index >= 15 is 0 Å². The lowest BCUT2D eigenvalue weighted by molar-refractivity contribution is 0.563. The molecule has 1 atom stereocenters. The topological polar surface area (TPSA) is 58.2 Å². The van der Waals surface area contributed by atoms with Crippen molar-refractivity contribution in [2.24, 2.45) is 0 Å². The van der Waals surface area contributed by atoms with Crippen molar-refractivity contribution in [1.29, 1.82) is 0 Å². The van der Waals surface area contributed by atoms with E-state index in [0.717, 1.165) is 24.2 Å². The van der Waals surface area contributed by atoms with Crippen molar-refractivity contribution >= 4 is 15.7 Å². The molecule has 1 aliphatic rings. The van der Waals surface area contributed by atoms with E-state index in [2.05, 4.69) is 16.0 Å². The van der Waals surface area contributed by atoms with Crippen LogP contribution < -0.4 is 10.0 Å². The van der Waals surface area contributed by atoms with Crippen molar-refractivity contribution in [2.45, 2.75) is 30.7 Å². The molecule has 1 heterocycles. The summed E-state index contributed by atoms with van der Waals surface area (Å²) in [7, 11) is -3.49. The highest BCUT2D eigenvalue weighted by Gasteiger charge is 2.19.